The molecular formula is C13H11N2Se. The van der Waals surface area contributed by atoms with E-state index in [4.69, 9.17) is 5.41 Å². The van der Waals surface area contributed by atoms with Crippen LogP contribution >= 0.6 is 0 Å². The van der Waals surface area contributed by atoms with E-state index < -0.39 is 0 Å². The summed E-state index contributed by atoms with van der Waals surface area (Å²) in [6, 6.07) is 19.7. The number of benzene rings is 2. The van der Waals surface area contributed by atoms with Crippen molar-refractivity contribution in [2.75, 3.05) is 4.90 Å². The molecular weight excluding hydrogens is 263 g/mol. The van der Waals surface area contributed by atoms with Gasteiger partial charge in [0.2, 0.25) is 0 Å². The third kappa shape index (κ3) is 2.32. The monoisotopic (exact) mass is 275 g/mol. The normalized spacial score (nSPS) is 9.75. The van der Waals surface area contributed by atoms with Gasteiger partial charge in [-0.1, -0.05) is 0 Å². The maximum atomic E-state index is 7.80. The van der Waals surface area contributed by atoms with Gasteiger partial charge in [0, 0.05) is 0 Å². The summed E-state index contributed by atoms with van der Waals surface area (Å²) in [4.78, 5) is 1.86. The first-order valence-corrected chi connectivity index (χ1v) is 5.80. The summed E-state index contributed by atoms with van der Waals surface area (Å²) in [5.74, 6) is 0. The second-order valence-electron chi connectivity index (χ2n) is 3.31. The Balaban J connectivity index is 2.44. The summed E-state index contributed by atoms with van der Waals surface area (Å²) in [6.07, 6.45) is 0. The molecule has 0 aliphatic heterocycles. The first kappa shape index (κ1) is 10.9. The SMILES string of the molecule is N=C([Se])N(c1ccccc1)c1ccccc1. The van der Waals surface area contributed by atoms with Crippen molar-refractivity contribution in [2.24, 2.45) is 0 Å². The van der Waals surface area contributed by atoms with Gasteiger partial charge in [-0.3, -0.25) is 0 Å². The van der Waals surface area contributed by atoms with E-state index in [-0.39, 0.29) is 0 Å². The fourth-order valence-corrected chi connectivity index (χ4v) is 1.98. The predicted octanol–water partition coefficient (Wildman–Crippen LogP) is 2.93. The van der Waals surface area contributed by atoms with E-state index >= 15 is 0 Å². The van der Waals surface area contributed by atoms with Crippen LogP contribution in [0.1, 0.15) is 0 Å². The summed E-state index contributed by atoms with van der Waals surface area (Å²) < 4.78 is 0.386. The van der Waals surface area contributed by atoms with Crippen molar-refractivity contribution in [1.29, 1.82) is 5.41 Å². The molecule has 0 heterocycles. The van der Waals surface area contributed by atoms with Crippen molar-refractivity contribution < 1.29 is 0 Å². The number of para-hydroxylation sites is 2. The summed E-state index contributed by atoms with van der Waals surface area (Å²) in [5, 5.41) is 7.80. The minimum absolute atomic E-state index is 0.386. The van der Waals surface area contributed by atoms with E-state index in [1.165, 1.54) is 0 Å². The Morgan fingerprint density at radius 2 is 1.19 bits per heavy atom. The molecule has 2 aromatic rings. The number of amidine groups is 1. The summed E-state index contributed by atoms with van der Waals surface area (Å²) >= 11 is 2.75. The topological polar surface area (TPSA) is 27.1 Å². The third-order valence-electron chi connectivity index (χ3n) is 2.23. The van der Waals surface area contributed by atoms with Gasteiger partial charge in [-0.2, -0.15) is 0 Å². The van der Waals surface area contributed by atoms with E-state index in [2.05, 4.69) is 16.0 Å². The molecule has 0 saturated carbocycles. The van der Waals surface area contributed by atoms with Crippen LogP contribution in [0.15, 0.2) is 60.7 Å². The van der Waals surface area contributed by atoms with Crippen molar-refractivity contribution >= 4 is 32.1 Å². The van der Waals surface area contributed by atoms with Crippen LogP contribution in [0.2, 0.25) is 0 Å². The van der Waals surface area contributed by atoms with Crippen LogP contribution in [-0.4, -0.2) is 20.7 Å². The molecule has 3 heteroatoms. The third-order valence-corrected chi connectivity index (χ3v) is 2.61. The van der Waals surface area contributed by atoms with Crippen LogP contribution in [0.3, 0.4) is 0 Å². The zero-order valence-electron chi connectivity index (χ0n) is 8.63. The second-order valence-corrected chi connectivity index (χ2v) is 4.12. The van der Waals surface area contributed by atoms with Crippen LogP contribution in [-0.2, 0) is 0 Å². The quantitative estimate of drug-likeness (QED) is 0.509. The second kappa shape index (κ2) is 4.97. The summed E-state index contributed by atoms with van der Waals surface area (Å²) in [5.41, 5.74) is 1.97. The van der Waals surface area contributed by atoms with Gasteiger partial charge in [-0.05, 0) is 0 Å². The van der Waals surface area contributed by atoms with Crippen molar-refractivity contribution in [3.63, 3.8) is 0 Å². The van der Waals surface area contributed by atoms with Gasteiger partial charge in [-0.15, -0.1) is 0 Å². The molecule has 1 N–H and O–H groups in total. The average Bonchev–Trinajstić information content (AvgIpc) is 2.31. The van der Waals surface area contributed by atoms with Crippen molar-refractivity contribution in [1.82, 2.24) is 0 Å². The number of rotatable bonds is 2. The molecule has 0 aliphatic carbocycles. The molecule has 0 bridgehead atoms. The summed E-state index contributed by atoms with van der Waals surface area (Å²) in [6.45, 7) is 0. The maximum absolute atomic E-state index is 7.80. The average molecular weight is 274 g/mol. The Kier molecular flexibility index (Phi) is 3.40. The van der Waals surface area contributed by atoms with Crippen LogP contribution in [0.5, 0.6) is 0 Å². The molecule has 0 amide bonds. The van der Waals surface area contributed by atoms with Gasteiger partial charge in [0.25, 0.3) is 0 Å². The van der Waals surface area contributed by atoms with Crippen LogP contribution in [0, 0.1) is 5.41 Å². The zero-order valence-corrected chi connectivity index (χ0v) is 10.3. The molecule has 0 spiro atoms. The molecule has 0 atom stereocenters. The number of nitrogens with zero attached hydrogens (tertiary/aromatic N) is 1. The first-order valence-electron chi connectivity index (χ1n) is 4.95. The zero-order chi connectivity index (χ0) is 11.4. The van der Waals surface area contributed by atoms with Crippen LogP contribution < -0.4 is 4.90 Å². The molecule has 2 aromatic carbocycles. The molecule has 2 rings (SSSR count). The molecule has 0 fully saturated rings. The number of anilines is 2. The van der Waals surface area contributed by atoms with E-state index in [1.54, 1.807) is 0 Å². The molecule has 2 nitrogen and oxygen atoms in total. The molecule has 0 saturated heterocycles. The number of hydrogen-bond donors (Lipinski definition) is 1. The van der Waals surface area contributed by atoms with Crippen molar-refractivity contribution in [3.8, 4) is 0 Å². The van der Waals surface area contributed by atoms with Gasteiger partial charge >= 0.3 is 103 Å². The van der Waals surface area contributed by atoms with E-state index in [9.17, 15) is 0 Å². The first-order chi connectivity index (χ1) is 7.79. The van der Waals surface area contributed by atoms with Crippen LogP contribution in [0.25, 0.3) is 0 Å². The molecule has 16 heavy (non-hydrogen) atoms. The Morgan fingerprint density at radius 1 is 0.812 bits per heavy atom. The van der Waals surface area contributed by atoms with E-state index in [0.717, 1.165) is 11.4 Å². The summed E-state index contributed by atoms with van der Waals surface area (Å²) in [7, 11) is 0. The van der Waals surface area contributed by atoms with Gasteiger partial charge < -0.3 is 0 Å². The van der Waals surface area contributed by atoms with Gasteiger partial charge in [0.05, 0.1) is 0 Å². The minimum atomic E-state index is 0.386. The molecule has 0 aliphatic rings. The standard InChI is InChI=1S/C13H11N2Se/c14-13(16)15(11-7-3-1-4-8-11)12-9-5-2-6-10-12/h1-10,14H. The van der Waals surface area contributed by atoms with Crippen molar-refractivity contribution in [2.45, 2.75) is 0 Å². The molecule has 1 radical (unpaired) electrons. The van der Waals surface area contributed by atoms with Gasteiger partial charge in [0.1, 0.15) is 0 Å². The Morgan fingerprint density at radius 3 is 1.50 bits per heavy atom. The fourth-order valence-electron chi connectivity index (χ4n) is 1.54. The van der Waals surface area contributed by atoms with E-state index in [1.807, 2.05) is 65.6 Å². The number of nitrogens with one attached hydrogen (secondary N) is 1. The Bertz CT molecular complexity index is 428. The number of hydrogen-bond acceptors (Lipinski definition) is 1. The Hall–Kier alpha value is -1.57. The molecule has 0 aromatic heterocycles. The molecule has 79 valence electrons. The molecule has 0 unspecified atom stereocenters. The van der Waals surface area contributed by atoms with Crippen molar-refractivity contribution in [3.05, 3.63) is 60.7 Å². The van der Waals surface area contributed by atoms with E-state index in [0.29, 0.717) is 4.73 Å². The van der Waals surface area contributed by atoms with Crippen LogP contribution in [0.4, 0.5) is 11.4 Å². The van der Waals surface area contributed by atoms with Gasteiger partial charge in [0.15, 0.2) is 0 Å². The predicted molar refractivity (Wildman–Crippen MR) is 68.5 cm³/mol. The van der Waals surface area contributed by atoms with Gasteiger partial charge in [-0.25, -0.2) is 0 Å². The fraction of sp³-hybridized carbons (Fsp3) is 0. The Labute approximate surface area is 103 Å².